The van der Waals surface area contributed by atoms with Gasteiger partial charge in [-0.3, -0.25) is 4.90 Å². The Hall–Kier alpha value is -4.58. The Morgan fingerprint density at radius 3 is 2.33 bits per heavy atom. The summed E-state index contributed by atoms with van der Waals surface area (Å²) in [6.07, 6.45) is 6.58. The fraction of sp³-hybridized carbons (Fsp3) is 0.333. The van der Waals surface area contributed by atoms with Crippen molar-refractivity contribution in [3.8, 4) is 0 Å². The number of hydrogen-bond donors (Lipinski definition) is 1. The van der Waals surface area contributed by atoms with Crippen LogP contribution in [0, 0.1) is 6.57 Å². The molecular formula is C30H33N5O4. The molecule has 2 aliphatic heterocycles. The van der Waals surface area contributed by atoms with E-state index in [-0.39, 0.29) is 18.6 Å². The number of amides is 4. The van der Waals surface area contributed by atoms with Crippen LogP contribution in [0.15, 0.2) is 78.5 Å². The maximum atomic E-state index is 14.1. The van der Waals surface area contributed by atoms with E-state index in [1.54, 1.807) is 29.0 Å². The maximum Gasteiger partial charge on any atom is 0.329 e. The number of likely N-dealkylation sites (tertiary alicyclic amines) is 1. The van der Waals surface area contributed by atoms with Crippen LogP contribution in [0.2, 0.25) is 0 Å². The number of allylic oxidation sites excluding steroid dienone is 3. The second-order valence-corrected chi connectivity index (χ2v) is 9.73. The molecular weight excluding hydrogens is 494 g/mol. The van der Waals surface area contributed by atoms with E-state index in [9.17, 15) is 19.5 Å². The number of carbonyl (C=O) groups is 3. The Labute approximate surface area is 229 Å². The molecule has 1 N–H and O–H groups in total. The minimum Gasteiger partial charge on any atom is -0.480 e. The lowest BCUT2D eigenvalue weighted by Crippen LogP contribution is -2.67. The third-order valence-corrected chi connectivity index (χ3v) is 7.28. The molecule has 0 spiro atoms. The number of benzene rings is 2. The highest BCUT2D eigenvalue weighted by molar-refractivity contribution is 5.98. The van der Waals surface area contributed by atoms with Crippen molar-refractivity contribution >= 4 is 29.4 Å². The van der Waals surface area contributed by atoms with E-state index in [4.69, 9.17) is 6.57 Å². The molecule has 2 heterocycles. The lowest BCUT2D eigenvalue weighted by atomic mass is 10.0. The molecule has 39 heavy (non-hydrogen) atoms. The average Bonchev–Trinajstić information content (AvgIpc) is 3.24. The molecule has 9 nitrogen and oxygen atoms in total. The predicted molar refractivity (Wildman–Crippen MR) is 149 cm³/mol. The summed E-state index contributed by atoms with van der Waals surface area (Å²) in [5.41, 5.74) is 2.66. The number of hydrogen-bond acceptors (Lipinski definition) is 3. The summed E-state index contributed by atoms with van der Waals surface area (Å²) in [6.45, 7) is 11.2. The quantitative estimate of drug-likeness (QED) is 0.397. The van der Waals surface area contributed by atoms with Crippen molar-refractivity contribution in [2.45, 2.75) is 51.4 Å². The molecule has 0 aliphatic carbocycles. The van der Waals surface area contributed by atoms with Gasteiger partial charge in [0.2, 0.25) is 0 Å². The highest BCUT2D eigenvalue weighted by Gasteiger charge is 2.54. The van der Waals surface area contributed by atoms with Crippen molar-refractivity contribution in [3.05, 3.63) is 95.5 Å². The number of carboxylic acids is 1. The van der Waals surface area contributed by atoms with Gasteiger partial charge in [0.25, 0.3) is 0 Å². The van der Waals surface area contributed by atoms with Gasteiger partial charge < -0.3 is 19.8 Å². The Balaban J connectivity index is 1.61. The van der Waals surface area contributed by atoms with Crippen LogP contribution < -0.4 is 4.90 Å². The molecule has 0 radical (unpaired) electrons. The molecule has 4 amide bonds. The number of nitrogens with zero attached hydrogens (tertiary/aromatic N) is 5. The molecule has 2 fully saturated rings. The minimum atomic E-state index is -1.18. The van der Waals surface area contributed by atoms with E-state index >= 15 is 0 Å². The second kappa shape index (κ2) is 11.9. The van der Waals surface area contributed by atoms with Crippen molar-refractivity contribution in [2.24, 2.45) is 0 Å². The van der Waals surface area contributed by atoms with Crippen LogP contribution in [0.4, 0.5) is 21.0 Å². The molecule has 2 saturated heterocycles. The normalized spacial score (nSPS) is 20.6. The highest BCUT2D eigenvalue weighted by Crippen LogP contribution is 2.37. The van der Waals surface area contributed by atoms with Gasteiger partial charge in [0, 0.05) is 25.8 Å². The fourth-order valence-electron chi connectivity index (χ4n) is 5.50. The number of rotatable bonds is 6. The molecule has 0 unspecified atom stereocenters. The first-order valence-electron chi connectivity index (χ1n) is 13.0. The number of piperazine rings is 1. The van der Waals surface area contributed by atoms with Gasteiger partial charge in [-0.15, -0.1) is 0 Å². The number of anilines is 1. The third-order valence-electron chi connectivity index (χ3n) is 7.28. The van der Waals surface area contributed by atoms with E-state index in [0.717, 1.165) is 5.56 Å². The van der Waals surface area contributed by atoms with Gasteiger partial charge in [0.05, 0.1) is 24.3 Å². The van der Waals surface area contributed by atoms with Gasteiger partial charge in [-0.2, -0.15) is 0 Å². The standard InChI is InChI=1S/C30H33N5O4/c1-5-10-23(6-2)34(24-11-8-7-9-12-24)30(39)33-20-25-17-18-26(27(33)28(36)37)35(25)29(38)32(4)19-21-13-15-22(31-3)16-14-21/h5-16,25-27H,17-20H2,1-2,4H3,(H,36,37)/b10-5-,23-6+/t25-,26+,27-/m0/s1. The zero-order valence-corrected chi connectivity index (χ0v) is 22.4. The van der Waals surface area contributed by atoms with Crippen molar-refractivity contribution < 1.29 is 19.5 Å². The van der Waals surface area contributed by atoms with Crippen molar-refractivity contribution in [1.82, 2.24) is 14.7 Å². The zero-order valence-electron chi connectivity index (χ0n) is 22.4. The second-order valence-electron chi connectivity index (χ2n) is 9.73. The summed E-state index contributed by atoms with van der Waals surface area (Å²) in [5, 5.41) is 10.3. The summed E-state index contributed by atoms with van der Waals surface area (Å²) in [6, 6.07) is 13.4. The fourth-order valence-corrected chi connectivity index (χ4v) is 5.50. The Morgan fingerprint density at radius 1 is 1.05 bits per heavy atom. The van der Waals surface area contributed by atoms with Gasteiger partial charge in [-0.25, -0.2) is 19.2 Å². The molecule has 4 rings (SSSR count). The van der Waals surface area contributed by atoms with E-state index in [2.05, 4.69) is 4.85 Å². The van der Waals surface area contributed by atoms with Crippen LogP contribution in [0.5, 0.6) is 0 Å². The molecule has 2 bridgehead atoms. The molecule has 2 aromatic carbocycles. The maximum absolute atomic E-state index is 14.1. The number of carboxylic acid groups (broad SMARTS) is 1. The number of carbonyl (C=O) groups excluding carboxylic acids is 2. The van der Waals surface area contributed by atoms with Crippen LogP contribution in [0.25, 0.3) is 4.85 Å². The van der Waals surface area contributed by atoms with E-state index in [1.807, 2.05) is 74.5 Å². The monoisotopic (exact) mass is 527 g/mol. The SMILES string of the molecule is [C-]#[N+]c1ccc(CN(C)C(=O)N2[C@H]3CC[C@@H]2[C@@H](C(=O)O)N(C(=O)N(C(/C=C\C)=C/C)c2ccccc2)C3)cc1. The smallest absolute Gasteiger partial charge is 0.329 e. The van der Waals surface area contributed by atoms with Gasteiger partial charge >= 0.3 is 18.0 Å². The first-order valence-corrected chi connectivity index (χ1v) is 13.0. The average molecular weight is 528 g/mol. The molecule has 2 aromatic rings. The molecule has 0 aromatic heterocycles. The Bertz CT molecular complexity index is 1320. The summed E-state index contributed by atoms with van der Waals surface area (Å²) < 4.78 is 0. The van der Waals surface area contributed by atoms with Crippen LogP contribution in [0.3, 0.4) is 0 Å². The highest BCUT2D eigenvalue weighted by atomic mass is 16.4. The molecule has 202 valence electrons. The van der Waals surface area contributed by atoms with Gasteiger partial charge in [0.1, 0.15) is 0 Å². The van der Waals surface area contributed by atoms with Crippen molar-refractivity contribution in [3.63, 3.8) is 0 Å². The lowest BCUT2D eigenvalue weighted by molar-refractivity contribution is -0.145. The van der Waals surface area contributed by atoms with E-state index in [0.29, 0.717) is 36.5 Å². The predicted octanol–water partition coefficient (Wildman–Crippen LogP) is 5.50. The van der Waals surface area contributed by atoms with E-state index < -0.39 is 24.1 Å². The van der Waals surface area contributed by atoms with Crippen LogP contribution in [0.1, 0.15) is 32.3 Å². The summed E-state index contributed by atoms with van der Waals surface area (Å²) in [4.78, 5) is 49.9. The number of urea groups is 2. The van der Waals surface area contributed by atoms with Crippen LogP contribution >= 0.6 is 0 Å². The summed E-state index contributed by atoms with van der Waals surface area (Å²) >= 11 is 0. The minimum absolute atomic E-state index is 0.127. The largest absolute Gasteiger partial charge is 0.480 e. The first kappa shape index (κ1) is 27.5. The third kappa shape index (κ3) is 5.50. The van der Waals surface area contributed by atoms with Crippen molar-refractivity contribution in [1.29, 1.82) is 0 Å². The van der Waals surface area contributed by atoms with Crippen LogP contribution in [-0.4, -0.2) is 69.6 Å². The van der Waals surface area contributed by atoms with Crippen molar-refractivity contribution in [2.75, 3.05) is 18.5 Å². The molecule has 0 saturated carbocycles. The number of fused-ring (bicyclic) bond motifs is 2. The zero-order chi connectivity index (χ0) is 28.1. The first-order chi connectivity index (χ1) is 18.8. The molecule has 9 heteroatoms. The molecule has 2 aliphatic rings. The lowest BCUT2D eigenvalue weighted by Gasteiger charge is -2.47. The Kier molecular flexibility index (Phi) is 8.35. The van der Waals surface area contributed by atoms with Crippen LogP contribution in [-0.2, 0) is 11.3 Å². The number of para-hydroxylation sites is 1. The topological polar surface area (TPSA) is 88.8 Å². The molecule has 3 atom stereocenters. The van der Waals surface area contributed by atoms with E-state index in [1.165, 1.54) is 9.80 Å². The summed E-state index contributed by atoms with van der Waals surface area (Å²) in [7, 11) is 1.68. The van der Waals surface area contributed by atoms with Gasteiger partial charge in [0.15, 0.2) is 11.7 Å². The van der Waals surface area contributed by atoms with Gasteiger partial charge in [-0.05, 0) is 50.5 Å². The van der Waals surface area contributed by atoms with Gasteiger partial charge in [-0.1, -0.05) is 54.6 Å². The Morgan fingerprint density at radius 2 is 1.74 bits per heavy atom. The summed E-state index contributed by atoms with van der Waals surface area (Å²) in [5.74, 6) is -1.13. The number of aliphatic carboxylic acids is 1.